The van der Waals surface area contributed by atoms with Crippen LogP contribution in [0, 0.1) is 5.92 Å². The number of fused-ring (bicyclic) bond motifs is 1. The summed E-state index contributed by atoms with van der Waals surface area (Å²) in [6, 6.07) is 8.09. The van der Waals surface area contributed by atoms with Crippen LogP contribution in [0.15, 0.2) is 36.7 Å². The summed E-state index contributed by atoms with van der Waals surface area (Å²) in [4.78, 5) is 16.6. The minimum atomic E-state index is -1.01. The topological polar surface area (TPSA) is 81.1 Å². The lowest BCUT2D eigenvalue weighted by atomic mass is 9.85. The maximum Gasteiger partial charge on any atom is 0.340 e. The number of carboxylic acid groups (broad SMARTS) is 1. The molecule has 0 spiro atoms. The Labute approximate surface area is 157 Å². The van der Waals surface area contributed by atoms with Gasteiger partial charge in [0.05, 0.1) is 11.4 Å². The number of carbonyl (C=O) groups is 1. The summed E-state index contributed by atoms with van der Waals surface area (Å²) in [7, 11) is 0. The van der Waals surface area contributed by atoms with E-state index in [1.54, 1.807) is 6.20 Å². The van der Waals surface area contributed by atoms with Gasteiger partial charge in [-0.15, -0.1) is 0 Å². The average molecular weight is 361 g/mol. The fourth-order valence-corrected chi connectivity index (χ4v) is 4.22. The van der Waals surface area contributed by atoms with Gasteiger partial charge in [-0.05, 0) is 55.2 Å². The highest BCUT2D eigenvalue weighted by Crippen LogP contribution is 2.45. The van der Waals surface area contributed by atoms with Crippen molar-refractivity contribution in [2.75, 3.05) is 5.73 Å². The first-order valence-electron chi connectivity index (χ1n) is 9.73. The van der Waals surface area contributed by atoms with Crippen LogP contribution in [-0.4, -0.2) is 20.6 Å². The molecule has 2 saturated carbocycles. The highest BCUT2D eigenvalue weighted by molar-refractivity contribution is 6.05. The van der Waals surface area contributed by atoms with Crippen LogP contribution in [0.4, 0.5) is 5.69 Å². The molecule has 5 rings (SSSR count). The SMILES string of the molecule is Nc1c(C2CC2)cnc(-c2cccc3c2ccn3CC2CCC2)c1C(=O)O. The van der Waals surface area contributed by atoms with E-state index < -0.39 is 5.97 Å². The smallest absolute Gasteiger partial charge is 0.340 e. The molecule has 0 bridgehead atoms. The number of nitrogens with two attached hydrogens (primary N) is 1. The molecule has 0 saturated heterocycles. The Balaban J connectivity index is 1.65. The van der Waals surface area contributed by atoms with E-state index in [0.29, 0.717) is 17.3 Å². The van der Waals surface area contributed by atoms with E-state index in [2.05, 4.69) is 27.9 Å². The third kappa shape index (κ3) is 2.69. The van der Waals surface area contributed by atoms with E-state index in [1.807, 2.05) is 12.1 Å². The summed E-state index contributed by atoms with van der Waals surface area (Å²) < 4.78 is 2.28. The summed E-state index contributed by atoms with van der Waals surface area (Å²) in [5, 5.41) is 10.9. The Bertz CT molecular complexity index is 1050. The van der Waals surface area contributed by atoms with E-state index in [-0.39, 0.29) is 5.56 Å². The van der Waals surface area contributed by atoms with Crippen LogP contribution >= 0.6 is 0 Å². The number of nitrogens with zero attached hydrogens (tertiary/aromatic N) is 2. The van der Waals surface area contributed by atoms with Gasteiger partial charge in [-0.1, -0.05) is 18.6 Å². The summed E-state index contributed by atoms with van der Waals surface area (Å²) in [5.41, 5.74) is 10.1. The zero-order chi connectivity index (χ0) is 18.5. The van der Waals surface area contributed by atoms with Crippen LogP contribution < -0.4 is 5.73 Å². The lowest BCUT2D eigenvalue weighted by Gasteiger charge is -2.26. The molecular formula is C22H23N3O2. The molecule has 0 amide bonds. The fraction of sp³-hybridized carbons (Fsp3) is 0.364. The van der Waals surface area contributed by atoms with E-state index in [9.17, 15) is 9.90 Å². The van der Waals surface area contributed by atoms with Crippen LogP contribution in [0.3, 0.4) is 0 Å². The van der Waals surface area contributed by atoms with Crippen molar-refractivity contribution in [1.82, 2.24) is 9.55 Å². The number of benzene rings is 1. The molecular weight excluding hydrogens is 338 g/mol. The fourth-order valence-electron chi connectivity index (χ4n) is 4.22. The lowest BCUT2D eigenvalue weighted by molar-refractivity contribution is 0.0698. The largest absolute Gasteiger partial charge is 0.478 e. The van der Waals surface area contributed by atoms with Crippen molar-refractivity contribution >= 4 is 22.6 Å². The van der Waals surface area contributed by atoms with Gasteiger partial charge in [0.2, 0.25) is 0 Å². The van der Waals surface area contributed by atoms with E-state index in [0.717, 1.165) is 47.3 Å². The number of nitrogen functional groups attached to an aromatic ring is 1. The maximum atomic E-state index is 12.0. The van der Waals surface area contributed by atoms with Crippen LogP contribution in [-0.2, 0) is 6.54 Å². The Morgan fingerprint density at radius 2 is 2.04 bits per heavy atom. The van der Waals surface area contributed by atoms with Gasteiger partial charge in [0.1, 0.15) is 5.56 Å². The molecule has 0 atom stereocenters. The monoisotopic (exact) mass is 361 g/mol. The van der Waals surface area contributed by atoms with Crippen molar-refractivity contribution < 1.29 is 9.90 Å². The molecule has 3 N–H and O–H groups in total. The third-order valence-electron chi connectivity index (χ3n) is 6.13. The number of rotatable bonds is 5. The standard InChI is InChI=1S/C22H23N3O2/c23-20-17(14-7-8-14)11-24-21(19(20)22(26)27)16-5-2-6-18-15(16)9-10-25(18)12-13-3-1-4-13/h2,5-6,9-11,13-14H,1,3-4,7-8,12H2,(H2,23,24)(H,26,27). The Morgan fingerprint density at radius 3 is 2.70 bits per heavy atom. The zero-order valence-electron chi connectivity index (χ0n) is 15.2. The number of anilines is 1. The highest BCUT2D eigenvalue weighted by Gasteiger charge is 2.30. The van der Waals surface area contributed by atoms with Crippen molar-refractivity contribution in [1.29, 1.82) is 0 Å². The van der Waals surface area contributed by atoms with E-state index in [4.69, 9.17) is 5.73 Å². The first-order chi connectivity index (χ1) is 13.1. The number of aromatic nitrogens is 2. The number of pyridine rings is 1. The second-order valence-corrected chi connectivity index (χ2v) is 7.93. The van der Waals surface area contributed by atoms with Gasteiger partial charge in [-0.25, -0.2) is 4.79 Å². The Kier molecular flexibility index (Phi) is 3.71. The summed E-state index contributed by atoms with van der Waals surface area (Å²) >= 11 is 0. The quantitative estimate of drug-likeness (QED) is 0.692. The molecule has 2 heterocycles. The second kappa shape index (κ2) is 6.12. The molecule has 0 aliphatic heterocycles. The van der Waals surface area contributed by atoms with Gasteiger partial charge in [-0.2, -0.15) is 0 Å². The van der Waals surface area contributed by atoms with Gasteiger partial charge >= 0.3 is 5.97 Å². The average Bonchev–Trinajstić information content (AvgIpc) is 3.37. The van der Waals surface area contributed by atoms with Crippen LogP contribution in [0.5, 0.6) is 0 Å². The molecule has 3 aromatic rings. The molecule has 0 unspecified atom stereocenters. The van der Waals surface area contributed by atoms with Crippen molar-refractivity contribution in [3.8, 4) is 11.3 Å². The predicted octanol–water partition coefficient (Wildman–Crippen LogP) is 4.66. The predicted molar refractivity (Wildman–Crippen MR) is 106 cm³/mol. The van der Waals surface area contributed by atoms with Gasteiger partial charge in [0.25, 0.3) is 0 Å². The Morgan fingerprint density at radius 1 is 1.22 bits per heavy atom. The Hall–Kier alpha value is -2.82. The van der Waals surface area contributed by atoms with E-state index >= 15 is 0 Å². The summed E-state index contributed by atoms with van der Waals surface area (Å²) in [5.74, 6) is 0.109. The van der Waals surface area contributed by atoms with Crippen LogP contribution in [0.1, 0.15) is 53.9 Å². The van der Waals surface area contributed by atoms with Crippen molar-refractivity contribution in [2.24, 2.45) is 5.92 Å². The molecule has 2 aliphatic rings. The molecule has 1 aromatic carbocycles. The van der Waals surface area contributed by atoms with Gasteiger partial charge in [-0.3, -0.25) is 4.98 Å². The van der Waals surface area contributed by atoms with Gasteiger partial charge in [0, 0.05) is 35.4 Å². The highest BCUT2D eigenvalue weighted by atomic mass is 16.4. The molecule has 5 nitrogen and oxygen atoms in total. The first-order valence-corrected chi connectivity index (χ1v) is 9.73. The molecule has 5 heteroatoms. The number of hydrogen-bond acceptors (Lipinski definition) is 3. The molecule has 27 heavy (non-hydrogen) atoms. The van der Waals surface area contributed by atoms with Crippen LogP contribution in [0.25, 0.3) is 22.2 Å². The molecule has 0 radical (unpaired) electrons. The first kappa shape index (κ1) is 16.4. The number of hydrogen-bond donors (Lipinski definition) is 2. The van der Waals surface area contributed by atoms with Gasteiger partial charge < -0.3 is 15.4 Å². The minimum Gasteiger partial charge on any atom is -0.478 e. The molecule has 138 valence electrons. The molecule has 2 aliphatic carbocycles. The van der Waals surface area contributed by atoms with E-state index in [1.165, 1.54) is 19.3 Å². The minimum absolute atomic E-state index is 0.138. The molecule has 2 aromatic heterocycles. The summed E-state index contributed by atoms with van der Waals surface area (Å²) in [6.07, 6.45) is 9.92. The van der Waals surface area contributed by atoms with Crippen molar-refractivity contribution in [2.45, 2.75) is 44.6 Å². The van der Waals surface area contributed by atoms with Crippen LogP contribution in [0.2, 0.25) is 0 Å². The van der Waals surface area contributed by atoms with Crippen molar-refractivity contribution in [3.05, 3.63) is 47.8 Å². The number of carboxylic acids is 1. The second-order valence-electron chi connectivity index (χ2n) is 7.93. The molecule has 2 fully saturated rings. The maximum absolute atomic E-state index is 12.0. The summed E-state index contributed by atoms with van der Waals surface area (Å²) in [6.45, 7) is 1.02. The third-order valence-corrected chi connectivity index (χ3v) is 6.13. The number of aromatic carboxylic acids is 1. The lowest BCUT2D eigenvalue weighted by Crippen LogP contribution is -2.17. The zero-order valence-corrected chi connectivity index (χ0v) is 15.2. The van der Waals surface area contributed by atoms with Gasteiger partial charge in [0.15, 0.2) is 0 Å². The van der Waals surface area contributed by atoms with Crippen molar-refractivity contribution in [3.63, 3.8) is 0 Å². The normalized spacial score (nSPS) is 17.2.